The average Bonchev–Trinajstić information content (AvgIpc) is 3.37. The maximum Gasteiger partial charge on any atom is 0.339 e. The summed E-state index contributed by atoms with van der Waals surface area (Å²) >= 11 is 0. The van der Waals surface area contributed by atoms with Crippen LogP contribution in [-0.4, -0.2) is 62.3 Å². The number of carbonyl (C=O) groups excluding carboxylic acids is 3. The number of fused-ring (bicyclic) bond motifs is 3. The number of hydrogen-bond acceptors (Lipinski definition) is 7. The molecule has 3 aromatic carbocycles. The van der Waals surface area contributed by atoms with Crippen LogP contribution in [0.5, 0.6) is 11.5 Å². The number of anilines is 1. The molecular formula is C30H29N3O7. The van der Waals surface area contributed by atoms with Gasteiger partial charge in [-0.1, -0.05) is 30.3 Å². The zero-order valence-electron chi connectivity index (χ0n) is 22.5. The first-order valence-electron chi connectivity index (χ1n) is 12.6. The molecule has 0 radical (unpaired) electrons. The second kappa shape index (κ2) is 11.0. The molecule has 4 aromatic rings. The fourth-order valence-corrected chi connectivity index (χ4v) is 5.29. The minimum atomic E-state index is -0.997. The van der Waals surface area contributed by atoms with Crippen molar-refractivity contribution in [2.24, 2.45) is 0 Å². The molecule has 206 valence electrons. The molecule has 10 heteroatoms. The lowest BCUT2D eigenvalue weighted by atomic mass is 9.87. The number of hydrogen-bond donors (Lipinski definition) is 2. The zero-order valence-corrected chi connectivity index (χ0v) is 22.5. The van der Waals surface area contributed by atoms with E-state index in [1.807, 2.05) is 24.3 Å². The summed E-state index contributed by atoms with van der Waals surface area (Å²) < 4.78 is 21.3. The maximum atomic E-state index is 14.2. The lowest BCUT2D eigenvalue weighted by molar-refractivity contribution is -0.146. The van der Waals surface area contributed by atoms with E-state index in [1.54, 1.807) is 49.6 Å². The van der Waals surface area contributed by atoms with Crippen LogP contribution in [0, 0.1) is 0 Å². The Morgan fingerprint density at radius 2 is 1.65 bits per heavy atom. The molecule has 2 N–H and O–H groups in total. The lowest BCUT2D eigenvalue weighted by Gasteiger charge is -2.41. The highest BCUT2D eigenvalue weighted by Gasteiger charge is 2.45. The number of aromatic amines is 1. The first kappa shape index (κ1) is 26.6. The van der Waals surface area contributed by atoms with Crippen LogP contribution in [0.15, 0.2) is 66.7 Å². The number of nitrogens with one attached hydrogen (secondary N) is 2. The number of amides is 2. The van der Waals surface area contributed by atoms with Crippen LogP contribution in [0.4, 0.5) is 10.5 Å². The van der Waals surface area contributed by atoms with Crippen molar-refractivity contribution in [3.63, 3.8) is 0 Å². The van der Waals surface area contributed by atoms with Gasteiger partial charge < -0.3 is 29.2 Å². The summed E-state index contributed by atoms with van der Waals surface area (Å²) in [4.78, 5) is 44.8. The van der Waals surface area contributed by atoms with Crippen LogP contribution in [0.2, 0.25) is 0 Å². The molecular weight excluding hydrogens is 514 g/mol. The van der Waals surface area contributed by atoms with Crippen molar-refractivity contribution in [2.75, 3.05) is 33.8 Å². The third kappa shape index (κ3) is 4.57. The van der Waals surface area contributed by atoms with E-state index in [0.29, 0.717) is 17.1 Å². The number of para-hydroxylation sites is 2. The van der Waals surface area contributed by atoms with Crippen molar-refractivity contribution >= 4 is 34.6 Å². The topological polar surface area (TPSA) is 119 Å². The van der Waals surface area contributed by atoms with E-state index in [9.17, 15) is 14.4 Å². The van der Waals surface area contributed by atoms with E-state index in [2.05, 4.69) is 10.3 Å². The quantitative estimate of drug-likeness (QED) is 0.339. The number of benzene rings is 3. The van der Waals surface area contributed by atoms with Gasteiger partial charge in [-0.05, 0) is 42.0 Å². The number of esters is 2. The monoisotopic (exact) mass is 543 g/mol. The van der Waals surface area contributed by atoms with Gasteiger partial charge in [-0.3, -0.25) is 4.90 Å². The summed E-state index contributed by atoms with van der Waals surface area (Å²) in [5, 5.41) is 3.77. The summed E-state index contributed by atoms with van der Waals surface area (Å²) in [6.45, 7) is 0. The van der Waals surface area contributed by atoms with Crippen LogP contribution in [-0.2, 0) is 20.7 Å². The van der Waals surface area contributed by atoms with Crippen LogP contribution in [0.25, 0.3) is 10.9 Å². The van der Waals surface area contributed by atoms with E-state index in [4.69, 9.17) is 18.9 Å². The largest absolute Gasteiger partial charge is 0.497 e. The van der Waals surface area contributed by atoms with E-state index in [1.165, 1.54) is 26.2 Å². The van der Waals surface area contributed by atoms with Gasteiger partial charge in [0.05, 0.1) is 39.7 Å². The summed E-state index contributed by atoms with van der Waals surface area (Å²) in [5.41, 5.74) is 3.48. The third-order valence-electron chi connectivity index (χ3n) is 7.14. The van der Waals surface area contributed by atoms with E-state index < -0.39 is 30.1 Å². The second-order valence-electron chi connectivity index (χ2n) is 9.19. The van der Waals surface area contributed by atoms with Crippen molar-refractivity contribution < 1.29 is 33.3 Å². The molecule has 0 fully saturated rings. The molecule has 10 nitrogen and oxygen atoms in total. The first-order valence-corrected chi connectivity index (χ1v) is 12.6. The minimum Gasteiger partial charge on any atom is -0.497 e. The minimum absolute atomic E-state index is 0.173. The predicted molar refractivity (Wildman–Crippen MR) is 148 cm³/mol. The zero-order chi connectivity index (χ0) is 28.4. The maximum absolute atomic E-state index is 14.2. The molecule has 0 saturated heterocycles. The molecule has 1 aliphatic rings. The number of nitrogens with zero attached hydrogens (tertiary/aromatic N) is 1. The van der Waals surface area contributed by atoms with Gasteiger partial charge in [-0.15, -0.1) is 0 Å². The number of urea groups is 1. The molecule has 1 aliphatic heterocycles. The number of H-pyrrole nitrogens is 1. The SMILES string of the molecule is COC(=O)c1ccccc1NC(=O)N1C(C(=O)OC)Cc2c([nH]c3ccccc23)C1c1cc(OC)ccc1OC. The summed E-state index contributed by atoms with van der Waals surface area (Å²) in [5.74, 6) is -0.152. The van der Waals surface area contributed by atoms with E-state index in [-0.39, 0.29) is 17.7 Å². The Morgan fingerprint density at radius 3 is 2.38 bits per heavy atom. The van der Waals surface area contributed by atoms with E-state index >= 15 is 0 Å². The number of carbonyl (C=O) groups is 3. The Kier molecular flexibility index (Phi) is 7.33. The van der Waals surface area contributed by atoms with Crippen molar-refractivity contribution in [3.05, 3.63) is 89.1 Å². The molecule has 2 amide bonds. The van der Waals surface area contributed by atoms with Crippen LogP contribution in [0.3, 0.4) is 0 Å². The predicted octanol–water partition coefficient (Wildman–Crippen LogP) is 4.69. The van der Waals surface area contributed by atoms with Crippen molar-refractivity contribution in [1.29, 1.82) is 0 Å². The average molecular weight is 544 g/mol. The van der Waals surface area contributed by atoms with Crippen molar-refractivity contribution in [2.45, 2.75) is 18.5 Å². The molecule has 0 bridgehead atoms. The summed E-state index contributed by atoms with van der Waals surface area (Å²) in [6, 6.07) is 17.1. The second-order valence-corrected chi connectivity index (χ2v) is 9.19. The van der Waals surface area contributed by atoms with Gasteiger partial charge in [0.1, 0.15) is 23.6 Å². The molecule has 40 heavy (non-hydrogen) atoms. The molecule has 2 atom stereocenters. The molecule has 5 rings (SSSR count). The molecule has 0 spiro atoms. The van der Waals surface area contributed by atoms with Crippen molar-refractivity contribution in [1.82, 2.24) is 9.88 Å². The lowest BCUT2D eigenvalue weighted by Crippen LogP contribution is -2.53. The molecule has 0 saturated carbocycles. The Hall–Kier alpha value is -4.99. The van der Waals surface area contributed by atoms with Gasteiger partial charge in [0.15, 0.2) is 0 Å². The summed E-state index contributed by atoms with van der Waals surface area (Å²) in [6.07, 6.45) is 0.209. The molecule has 0 aliphatic carbocycles. The van der Waals surface area contributed by atoms with Gasteiger partial charge in [0.25, 0.3) is 0 Å². The Morgan fingerprint density at radius 1 is 0.900 bits per heavy atom. The smallest absolute Gasteiger partial charge is 0.339 e. The van der Waals surface area contributed by atoms with Gasteiger partial charge in [0, 0.05) is 28.6 Å². The fraction of sp³-hybridized carbons (Fsp3) is 0.233. The van der Waals surface area contributed by atoms with E-state index in [0.717, 1.165) is 22.2 Å². The first-order chi connectivity index (χ1) is 19.4. The molecule has 2 unspecified atom stereocenters. The summed E-state index contributed by atoms with van der Waals surface area (Å²) in [7, 11) is 5.64. The van der Waals surface area contributed by atoms with Crippen LogP contribution >= 0.6 is 0 Å². The highest BCUT2D eigenvalue weighted by Crippen LogP contribution is 2.45. The fourth-order valence-electron chi connectivity index (χ4n) is 5.29. The Balaban J connectivity index is 1.73. The number of aromatic nitrogens is 1. The Labute approximate surface area is 230 Å². The molecule has 2 heterocycles. The van der Waals surface area contributed by atoms with Gasteiger partial charge >= 0.3 is 18.0 Å². The standard InChI is InChI=1S/C30H29N3O7/c1-37-17-13-14-25(38-2)21(15-17)27-26-20(18-9-5-7-11-22(18)31-26)16-24(29(35)40-4)33(27)30(36)32-23-12-8-6-10-19(23)28(34)39-3/h5-15,24,27,31H,16H2,1-4H3,(H,32,36). The van der Waals surface area contributed by atoms with Crippen LogP contribution in [0.1, 0.15) is 33.2 Å². The molecule has 1 aromatic heterocycles. The normalized spacial score (nSPS) is 16.1. The van der Waals surface area contributed by atoms with Gasteiger partial charge in [-0.2, -0.15) is 0 Å². The van der Waals surface area contributed by atoms with Crippen molar-refractivity contribution in [3.8, 4) is 11.5 Å². The number of rotatable bonds is 6. The van der Waals surface area contributed by atoms with Gasteiger partial charge in [0.2, 0.25) is 0 Å². The van der Waals surface area contributed by atoms with Crippen LogP contribution < -0.4 is 14.8 Å². The Bertz CT molecular complexity index is 1600. The number of methoxy groups -OCH3 is 4. The highest BCUT2D eigenvalue weighted by molar-refractivity contribution is 6.02. The number of ether oxygens (including phenoxy) is 4. The van der Waals surface area contributed by atoms with Gasteiger partial charge in [-0.25, -0.2) is 14.4 Å². The highest BCUT2D eigenvalue weighted by atomic mass is 16.5. The third-order valence-corrected chi connectivity index (χ3v) is 7.14.